The first-order valence-electron chi connectivity index (χ1n) is 5.39. The van der Waals surface area contributed by atoms with Gasteiger partial charge in [-0.05, 0) is 32.0 Å². The van der Waals surface area contributed by atoms with Gasteiger partial charge in [0.25, 0.3) is 0 Å². The highest BCUT2D eigenvalue weighted by Gasteiger charge is 2.25. The molecule has 0 radical (unpaired) electrons. The maximum absolute atomic E-state index is 11.9. The highest BCUT2D eigenvalue weighted by atomic mass is 35.5. The molecule has 1 rings (SSSR count). The summed E-state index contributed by atoms with van der Waals surface area (Å²) in [6, 6.07) is 4.54. The molecule has 1 aromatic carbocycles. The number of hydrogen-bond donors (Lipinski definition) is 3. The predicted molar refractivity (Wildman–Crippen MR) is 71.4 cm³/mol. The van der Waals surface area contributed by atoms with E-state index >= 15 is 0 Å². The fourth-order valence-corrected chi connectivity index (χ4v) is 1.40. The molecule has 0 aromatic heterocycles. The lowest BCUT2D eigenvalue weighted by Crippen LogP contribution is -2.37. The van der Waals surface area contributed by atoms with E-state index in [1.807, 2.05) is 0 Å². The molecule has 98 valence electrons. The molecular formula is C12H16ClN3O2. The zero-order valence-corrected chi connectivity index (χ0v) is 11.0. The maximum Gasteiger partial charge on any atom is 0.250 e. The molecule has 0 atom stereocenters. The van der Waals surface area contributed by atoms with Gasteiger partial charge in [0.05, 0.1) is 16.0 Å². The zero-order valence-electron chi connectivity index (χ0n) is 10.3. The molecule has 0 bridgehead atoms. The molecule has 0 aliphatic heterocycles. The second kappa shape index (κ2) is 5.37. The summed E-state index contributed by atoms with van der Waals surface area (Å²) in [4.78, 5) is 23.0. The Morgan fingerprint density at radius 3 is 2.50 bits per heavy atom. The largest absolute Gasteiger partial charge is 0.366 e. The van der Waals surface area contributed by atoms with Gasteiger partial charge in [-0.3, -0.25) is 9.59 Å². The van der Waals surface area contributed by atoms with Crippen molar-refractivity contribution in [2.45, 2.75) is 13.8 Å². The molecule has 0 saturated heterocycles. The summed E-state index contributed by atoms with van der Waals surface area (Å²) >= 11 is 5.81. The summed E-state index contributed by atoms with van der Waals surface area (Å²) in [7, 11) is 0. The molecule has 0 aliphatic rings. The van der Waals surface area contributed by atoms with Crippen LogP contribution >= 0.6 is 11.6 Å². The quantitative estimate of drug-likeness (QED) is 0.770. The van der Waals surface area contributed by atoms with E-state index < -0.39 is 11.3 Å². The summed E-state index contributed by atoms with van der Waals surface area (Å²) < 4.78 is 0. The number of nitrogens with two attached hydrogens (primary N) is 2. The summed E-state index contributed by atoms with van der Waals surface area (Å²) in [5.41, 5.74) is 10.6. The normalized spacial score (nSPS) is 11.1. The summed E-state index contributed by atoms with van der Waals surface area (Å²) in [5.74, 6) is -0.878. The van der Waals surface area contributed by atoms with Crippen LogP contribution in [0.25, 0.3) is 0 Å². The summed E-state index contributed by atoms with van der Waals surface area (Å²) in [6.45, 7) is 3.68. The van der Waals surface area contributed by atoms with Crippen LogP contribution in [0.3, 0.4) is 0 Å². The molecule has 0 spiro atoms. The van der Waals surface area contributed by atoms with Crippen molar-refractivity contribution in [2.24, 2.45) is 16.9 Å². The SMILES string of the molecule is CC(C)(CN)C(=O)Nc1ccc(Cl)c(C(N)=O)c1. The van der Waals surface area contributed by atoms with Crippen LogP contribution in [0.4, 0.5) is 5.69 Å². The minimum absolute atomic E-state index is 0.167. The number of carbonyl (C=O) groups excluding carboxylic acids is 2. The van der Waals surface area contributed by atoms with Gasteiger partial charge < -0.3 is 16.8 Å². The van der Waals surface area contributed by atoms with Crippen LogP contribution in [0.1, 0.15) is 24.2 Å². The van der Waals surface area contributed by atoms with Gasteiger partial charge in [0.15, 0.2) is 0 Å². The van der Waals surface area contributed by atoms with Gasteiger partial charge in [-0.2, -0.15) is 0 Å². The third-order valence-electron chi connectivity index (χ3n) is 2.61. The number of anilines is 1. The minimum Gasteiger partial charge on any atom is -0.366 e. The van der Waals surface area contributed by atoms with Gasteiger partial charge in [0, 0.05) is 12.2 Å². The Bertz CT molecular complexity index is 486. The first-order valence-corrected chi connectivity index (χ1v) is 5.76. The Hall–Kier alpha value is -1.59. The highest BCUT2D eigenvalue weighted by Crippen LogP contribution is 2.22. The van der Waals surface area contributed by atoms with E-state index in [9.17, 15) is 9.59 Å². The van der Waals surface area contributed by atoms with E-state index in [-0.39, 0.29) is 23.0 Å². The molecular weight excluding hydrogens is 254 g/mol. The van der Waals surface area contributed by atoms with Crippen molar-refractivity contribution in [3.8, 4) is 0 Å². The number of primary amides is 1. The lowest BCUT2D eigenvalue weighted by molar-refractivity contribution is -0.123. The third-order valence-corrected chi connectivity index (χ3v) is 2.94. The number of benzene rings is 1. The molecule has 0 unspecified atom stereocenters. The maximum atomic E-state index is 11.9. The molecule has 5 N–H and O–H groups in total. The number of halogens is 1. The van der Waals surface area contributed by atoms with Crippen LogP contribution < -0.4 is 16.8 Å². The van der Waals surface area contributed by atoms with Gasteiger partial charge in [0.1, 0.15) is 0 Å². The first kappa shape index (κ1) is 14.5. The molecule has 0 fully saturated rings. The molecule has 18 heavy (non-hydrogen) atoms. The second-order valence-corrected chi connectivity index (χ2v) is 5.01. The first-order chi connectivity index (χ1) is 8.27. The summed E-state index contributed by atoms with van der Waals surface area (Å²) in [6.07, 6.45) is 0. The van der Waals surface area contributed by atoms with Gasteiger partial charge in [-0.1, -0.05) is 11.6 Å². The van der Waals surface area contributed by atoms with Crippen LogP contribution in [-0.2, 0) is 4.79 Å². The Labute approximate surface area is 110 Å². The lowest BCUT2D eigenvalue weighted by atomic mass is 9.92. The van der Waals surface area contributed by atoms with Gasteiger partial charge in [-0.15, -0.1) is 0 Å². The van der Waals surface area contributed by atoms with Crippen molar-refractivity contribution < 1.29 is 9.59 Å². The van der Waals surface area contributed by atoms with Crippen molar-refractivity contribution in [1.29, 1.82) is 0 Å². The minimum atomic E-state index is -0.688. The number of carbonyl (C=O) groups is 2. The average Bonchev–Trinajstić information content (AvgIpc) is 2.31. The number of hydrogen-bond acceptors (Lipinski definition) is 3. The van der Waals surface area contributed by atoms with E-state index in [1.54, 1.807) is 19.9 Å². The standard InChI is InChI=1S/C12H16ClN3O2/c1-12(2,6-14)11(18)16-7-3-4-9(13)8(5-7)10(15)17/h3-5H,6,14H2,1-2H3,(H2,15,17)(H,16,18). The van der Waals surface area contributed by atoms with Crippen LogP contribution in [-0.4, -0.2) is 18.4 Å². The van der Waals surface area contributed by atoms with E-state index in [4.69, 9.17) is 23.1 Å². The molecule has 5 nitrogen and oxygen atoms in total. The molecule has 6 heteroatoms. The van der Waals surface area contributed by atoms with E-state index in [2.05, 4.69) is 5.32 Å². The van der Waals surface area contributed by atoms with Crippen molar-refractivity contribution in [2.75, 3.05) is 11.9 Å². The van der Waals surface area contributed by atoms with Crippen LogP contribution in [0.5, 0.6) is 0 Å². The Balaban J connectivity index is 2.96. The Kier molecular flexibility index (Phi) is 4.32. The van der Waals surface area contributed by atoms with Gasteiger partial charge in [-0.25, -0.2) is 0 Å². The highest BCUT2D eigenvalue weighted by molar-refractivity contribution is 6.34. The molecule has 2 amide bonds. The van der Waals surface area contributed by atoms with E-state index in [0.717, 1.165) is 0 Å². The third kappa shape index (κ3) is 3.21. The molecule has 1 aromatic rings. The lowest BCUT2D eigenvalue weighted by Gasteiger charge is -2.21. The molecule has 0 aliphatic carbocycles. The van der Waals surface area contributed by atoms with Crippen LogP contribution in [0.2, 0.25) is 5.02 Å². The number of nitrogens with one attached hydrogen (secondary N) is 1. The topological polar surface area (TPSA) is 98.2 Å². The van der Waals surface area contributed by atoms with Crippen molar-refractivity contribution in [1.82, 2.24) is 0 Å². The van der Waals surface area contributed by atoms with Crippen molar-refractivity contribution in [3.63, 3.8) is 0 Å². The fourth-order valence-electron chi connectivity index (χ4n) is 1.18. The van der Waals surface area contributed by atoms with Crippen LogP contribution in [0, 0.1) is 5.41 Å². The van der Waals surface area contributed by atoms with Gasteiger partial charge >= 0.3 is 0 Å². The van der Waals surface area contributed by atoms with Crippen LogP contribution in [0.15, 0.2) is 18.2 Å². The van der Waals surface area contributed by atoms with E-state index in [0.29, 0.717) is 5.69 Å². The second-order valence-electron chi connectivity index (χ2n) is 4.60. The Morgan fingerprint density at radius 1 is 1.39 bits per heavy atom. The molecule has 0 heterocycles. The molecule has 0 saturated carbocycles. The summed E-state index contributed by atoms with van der Waals surface area (Å²) in [5, 5.41) is 2.92. The van der Waals surface area contributed by atoms with Crippen molar-refractivity contribution in [3.05, 3.63) is 28.8 Å². The Morgan fingerprint density at radius 2 is 2.00 bits per heavy atom. The smallest absolute Gasteiger partial charge is 0.250 e. The van der Waals surface area contributed by atoms with Crippen molar-refractivity contribution >= 4 is 29.1 Å². The number of rotatable bonds is 4. The monoisotopic (exact) mass is 269 g/mol. The number of amides is 2. The zero-order chi connectivity index (χ0) is 13.9. The average molecular weight is 270 g/mol. The van der Waals surface area contributed by atoms with E-state index in [1.165, 1.54) is 12.1 Å². The fraction of sp³-hybridized carbons (Fsp3) is 0.333. The predicted octanol–water partition coefficient (Wildman–Crippen LogP) is 1.36. The van der Waals surface area contributed by atoms with Gasteiger partial charge in [0.2, 0.25) is 11.8 Å².